The summed E-state index contributed by atoms with van der Waals surface area (Å²) in [7, 11) is 2.97. The van der Waals surface area contributed by atoms with E-state index in [0.717, 1.165) is 29.9 Å². The van der Waals surface area contributed by atoms with Crippen LogP contribution in [0.3, 0.4) is 0 Å². The first-order valence-electron chi connectivity index (χ1n) is 13.2. The first kappa shape index (κ1) is 28.7. The van der Waals surface area contributed by atoms with Crippen LogP contribution in [0, 0.1) is 0 Å². The van der Waals surface area contributed by atoms with Crippen LogP contribution in [0.2, 0.25) is 5.02 Å². The molecule has 0 amide bonds. The Morgan fingerprint density at radius 3 is 2.31 bits per heavy atom. The van der Waals surface area contributed by atoms with Gasteiger partial charge in [-0.05, 0) is 55.2 Å². The Morgan fingerprint density at radius 2 is 1.69 bits per heavy atom. The summed E-state index contributed by atoms with van der Waals surface area (Å²) in [5, 5.41) is 22.2. The van der Waals surface area contributed by atoms with Crippen LogP contribution in [0.1, 0.15) is 43.1 Å². The van der Waals surface area contributed by atoms with Gasteiger partial charge in [-0.3, -0.25) is 0 Å². The molecule has 0 aliphatic carbocycles. The molecule has 0 aromatic heterocycles. The zero-order valence-corrected chi connectivity index (χ0v) is 23.4. The molecule has 3 aliphatic rings. The molecule has 10 heteroatoms. The van der Waals surface area contributed by atoms with Crippen LogP contribution in [0.5, 0.6) is 5.75 Å². The summed E-state index contributed by atoms with van der Waals surface area (Å²) >= 11 is 6.58. The van der Waals surface area contributed by atoms with E-state index in [0.29, 0.717) is 23.6 Å². The molecule has 0 spiro atoms. The van der Waals surface area contributed by atoms with Crippen LogP contribution in [-0.4, -0.2) is 86.3 Å². The van der Waals surface area contributed by atoms with Crippen molar-refractivity contribution in [1.82, 2.24) is 0 Å². The number of hydrogen-bond donors (Lipinski definition) is 2. The van der Waals surface area contributed by atoms with Crippen LogP contribution in [0.4, 0.5) is 0 Å². The Labute approximate surface area is 233 Å². The predicted octanol–water partition coefficient (Wildman–Crippen LogP) is 3.40. The minimum atomic E-state index is -1.31. The van der Waals surface area contributed by atoms with Gasteiger partial charge in [0.15, 0.2) is 0 Å². The van der Waals surface area contributed by atoms with Gasteiger partial charge in [0, 0.05) is 25.7 Å². The van der Waals surface area contributed by atoms with Crippen molar-refractivity contribution < 1.29 is 43.4 Å². The molecule has 214 valence electrons. The van der Waals surface area contributed by atoms with Crippen LogP contribution < -0.4 is 4.74 Å². The van der Waals surface area contributed by atoms with E-state index in [9.17, 15) is 10.2 Å². The molecule has 9 nitrogen and oxygen atoms in total. The number of fused-ring (bicyclic) bond motifs is 1. The standard InChI is InChI=1S/C29H37ClO9/c1-28(33-3)29(2,34-4)39-27-24(32)25(37-23(15-31)26(27)38-28)18-7-10-22(30)19(14-18)13-17-5-8-20(9-6-17)36-21-11-12-35-16-21/h5-10,14,21,23-27,31-32H,11-13,15-16H2,1-4H3/t21-,23+,24-,25-,26+,27+,28?,29?/m0/s1. The van der Waals surface area contributed by atoms with E-state index < -0.39 is 42.1 Å². The number of halogens is 1. The summed E-state index contributed by atoms with van der Waals surface area (Å²) in [6.07, 6.45) is -2.73. The summed E-state index contributed by atoms with van der Waals surface area (Å²) in [4.78, 5) is 0. The highest BCUT2D eigenvalue weighted by Gasteiger charge is 2.62. The fraction of sp³-hybridized carbons (Fsp3) is 0.586. The van der Waals surface area contributed by atoms with Crippen molar-refractivity contribution in [2.45, 2.75) is 74.9 Å². The van der Waals surface area contributed by atoms with Crippen molar-refractivity contribution in [2.75, 3.05) is 34.0 Å². The second-order valence-electron chi connectivity index (χ2n) is 10.5. The largest absolute Gasteiger partial charge is 0.488 e. The minimum absolute atomic E-state index is 0.0924. The smallest absolute Gasteiger partial charge is 0.220 e. The van der Waals surface area contributed by atoms with Crippen molar-refractivity contribution >= 4 is 11.6 Å². The maximum absolute atomic E-state index is 11.4. The lowest BCUT2D eigenvalue weighted by molar-refractivity contribution is -0.473. The van der Waals surface area contributed by atoms with Crippen molar-refractivity contribution in [3.8, 4) is 5.75 Å². The molecule has 3 fully saturated rings. The van der Waals surface area contributed by atoms with Gasteiger partial charge in [0.05, 0.1) is 19.8 Å². The molecule has 3 aliphatic heterocycles. The summed E-state index contributed by atoms with van der Waals surface area (Å²) in [5.74, 6) is -1.79. The van der Waals surface area contributed by atoms with Gasteiger partial charge in [0.2, 0.25) is 11.6 Å². The molecule has 2 unspecified atom stereocenters. The van der Waals surface area contributed by atoms with E-state index in [1.54, 1.807) is 19.9 Å². The molecule has 8 atom stereocenters. The molecule has 3 heterocycles. The van der Waals surface area contributed by atoms with Crippen LogP contribution in [0.25, 0.3) is 0 Å². The molecule has 3 saturated heterocycles. The fourth-order valence-corrected chi connectivity index (χ4v) is 5.62. The zero-order chi connectivity index (χ0) is 27.8. The lowest BCUT2D eigenvalue weighted by atomic mass is 9.88. The predicted molar refractivity (Wildman–Crippen MR) is 142 cm³/mol. The first-order chi connectivity index (χ1) is 18.7. The highest BCUT2D eigenvalue weighted by Crippen LogP contribution is 2.46. The molecule has 2 aromatic carbocycles. The average molecular weight is 565 g/mol. The number of ether oxygens (including phenoxy) is 7. The normalized spacial score (nSPS) is 36.5. The Balaban J connectivity index is 1.35. The monoisotopic (exact) mass is 564 g/mol. The van der Waals surface area contributed by atoms with Gasteiger partial charge in [0.1, 0.15) is 42.4 Å². The number of methoxy groups -OCH3 is 2. The van der Waals surface area contributed by atoms with Crippen LogP contribution in [0.15, 0.2) is 42.5 Å². The molecule has 0 saturated carbocycles. The molecular formula is C29H37ClO9. The number of aliphatic hydroxyl groups is 2. The van der Waals surface area contributed by atoms with E-state index in [-0.39, 0.29) is 12.7 Å². The number of aliphatic hydroxyl groups excluding tert-OH is 2. The van der Waals surface area contributed by atoms with Gasteiger partial charge in [-0.1, -0.05) is 35.9 Å². The van der Waals surface area contributed by atoms with Crippen LogP contribution >= 0.6 is 11.6 Å². The Kier molecular flexibility index (Phi) is 8.54. The topological polar surface area (TPSA) is 105 Å². The SMILES string of the molecule is COC1(C)O[C@@H]2[C@@H](O)[C@H](c3ccc(Cl)c(Cc4ccc(O[C@H]5CCOC5)cc4)c3)O[C@H](CO)[C@H]2OC1(C)OC. The Bertz CT molecular complexity index is 1120. The van der Waals surface area contributed by atoms with Gasteiger partial charge in [-0.15, -0.1) is 0 Å². The zero-order valence-electron chi connectivity index (χ0n) is 22.7. The third-order valence-corrected chi connectivity index (χ3v) is 8.44. The summed E-state index contributed by atoms with van der Waals surface area (Å²) in [5.41, 5.74) is 2.64. The third kappa shape index (κ3) is 5.57. The molecular weight excluding hydrogens is 528 g/mol. The molecule has 39 heavy (non-hydrogen) atoms. The molecule has 2 N–H and O–H groups in total. The van der Waals surface area contributed by atoms with Gasteiger partial charge < -0.3 is 43.4 Å². The summed E-state index contributed by atoms with van der Waals surface area (Å²) in [6, 6.07) is 13.5. The number of rotatable bonds is 8. The molecule has 5 rings (SSSR count). The van der Waals surface area contributed by atoms with E-state index in [1.165, 1.54) is 14.2 Å². The second-order valence-corrected chi connectivity index (χ2v) is 10.9. The second kappa shape index (κ2) is 11.6. The maximum Gasteiger partial charge on any atom is 0.220 e. The van der Waals surface area contributed by atoms with E-state index in [2.05, 4.69) is 0 Å². The van der Waals surface area contributed by atoms with Crippen molar-refractivity contribution in [1.29, 1.82) is 0 Å². The lowest BCUT2D eigenvalue weighted by Crippen LogP contribution is -2.71. The van der Waals surface area contributed by atoms with Crippen molar-refractivity contribution in [2.24, 2.45) is 0 Å². The van der Waals surface area contributed by atoms with Crippen molar-refractivity contribution in [3.63, 3.8) is 0 Å². The molecule has 0 bridgehead atoms. The molecule has 0 radical (unpaired) electrons. The minimum Gasteiger partial charge on any atom is -0.488 e. The van der Waals surface area contributed by atoms with Gasteiger partial charge >= 0.3 is 0 Å². The highest BCUT2D eigenvalue weighted by molar-refractivity contribution is 6.31. The maximum atomic E-state index is 11.4. The van der Waals surface area contributed by atoms with E-state index in [1.807, 2.05) is 36.4 Å². The number of benzene rings is 2. The third-order valence-electron chi connectivity index (χ3n) is 8.07. The molecule has 2 aromatic rings. The van der Waals surface area contributed by atoms with Gasteiger partial charge in [-0.2, -0.15) is 0 Å². The Morgan fingerprint density at radius 1 is 1.00 bits per heavy atom. The highest BCUT2D eigenvalue weighted by atomic mass is 35.5. The number of hydrogen-bond acceptors (Lipinski definition) is 9. The van der Waals surface area contributed by atoms with Gasteiger partial charge in [0.25, 0.3) is 0 Å². The Hall–Kier alpha value is -1.79. The summed E-state index contributed by atoms with van der Waals surface area (Å²) in [6.45, 7) is 4.39. The van der Waals surface area contributed by atoms with E-state index >= 15 is 0 Å². The van der Waals surface area contributed by atoms with Crippen molar-refractivity contribution in [3.05, 3.63) is 64.2 Å². The van der Waals surface area contributed by atoms with Gasteiger partial charge in [-0.25, -0.2) is 0 Å². The average Bonchev–Trinajstić information content (AvgIpc) is 3.45. The summed E-state index contributed by atoms with van der Waals surface area (Å²) < 4.78 is 41.2. The fourth-order valence-electron chi connectivity index (χ4n) is 5.44. The van der Waals surface area contributed by atoms with E-state index in [4.69, 9.17) is 44.8 Å². The quantitative estimate of drug-likeness (QED) is 0.499. The first-order valence-corrected chi connectivity index (χ1v) is 13.6. The lowest BCUT2D eigenvalue weighted by Gasteiger charge is -2.56. The van der Waals surface area contributed by atoms with Crippen LogP contribution in [-0.2, 0) is 34.8 Å².